The van der Waals surface area contributed by atoms with Crippen LogP contribution in [0.3, 0.4) is 0 Å². The lowest BCUT2D eigenvalue weighted by molar-refractivity contribution is 0.0686. The summed E-state index contributed by atoms with van der Waals surface area (Å²) in [4.78, 5) is 19.3. The molecule has 0 saturated carbocycles. The van der Waals surface area contributed by atoms with E-state index in [-0.39, 0.29) is 28.2 Å². The first-order valence-electron chi connectivity index (χ1n) is 7.29. The molecule has 3 heterocycles. The fourth-order valence-corrected chi connectivity index (χ4v) is 2.43. The average molecular weight is 384 g/mol. The Morgan fingerprint density at radius 2 is 2.15 bits per heavy atom. The first-order valence-corrected chi connectivity index (χ1v) is 7.67. The lowest BCUT2D eigenvalue weighted by atomic mass is 10.3. The van der Waals surface area contributed by atoms with Crippen molar-refractivity contribution in [3.63, 3.8) is 0 Å². The van der Waals surface area contributed by atoms with Crippen LogP contribution in [-0.2, 0) is 7.05 Å². The molecule has 1 N–H and O–H groups in total. The Morgan fingerprint density at radius 3 is 2.85 bits per heavy atom. The first kappa shape index (κ1) is 17.9. The number of aromatic carboxylic acids is 1. The zero-order valence-electron chi connectivity index (χ0n) is 13.3. The highest BCUT2D eigenvalue weighted by Crippen LogP contribution is 2.32. The molecular formula is C16H12ClF2N3O4. The lowest BCUT2D eigenvalue weighted by Crippen LogP contribution is -2.08. The Balaban J connectivity index is 1.93. The Kier molecular flexibility index (Phi) is 4.90. The van der Waals surface area contributed by atoms with Gasteiger partial charge in [-0.1, -0.05) is 11.6 Å². The molecule has 7 nitrogen and oxygen atoms in total. The third-order valence-electron chi connectivity index (χ3n) is 3.42. The number of carboxylic acid groups (broad SMARTS) is 1. The maximum absolute atomic E-state index is 12.4. The molecule has 0 fully saturated rings. The number of aromatic nitrogens is 3. The van der Waals surface area contributed by atoms with Gasteiger partial charge in [-0.25, -0.2) is 18.6 Å². The SMILES string of the molecule is Cn1c(C(=O)O)cc2ccc(Oc3ncc(Cl)cc3OCC(F)F)nc21. The molecule has 0 radical (unpaired) electrons. The maximum atomic E-state index is 12.4. The minimum atomic E-state index is -2.67. The van der Waals surface area contributed by atoms with Gasteiger partial charge in [0.2, 0.25) is 5.88 Å². The number of fused-ring (bicyclic) bond motifs is 1. The second-order valence-electron chi connectivity index (χ2n) is 5.22. The van der Waals surface area contributed by atoms with Crippen molar-refractivity contribution in [2.45, 2.75) is 6.43 Å². The highest BCUT2D eigenvalue weighted by atomic mass is 35.5. The molecule has 10 heteroatoms. The first-order chi connectivity index (χ1) is 12.3. The molecule has 0 bridgehead atoms. The summed E-state index contributed by atoms with van der Waals surface area (Å²) in [7, 11) is 1.56. The Bertz CT molecular complexity index is 978. The molecule has 3 aromatic heterocycles. The molecule has 0 unspecified atom stereocenters. The van der Waals surface area contributed by atoms with E-state index in [4.69, 9.17) is 26.2 Å². The van der Waals surface area contributed by atoms with Gasteiger partial charge < -0.3 is 19.1 Å². The number of halogens is 3. The van der Waals surface area contributed by atoms with Gasteiger partial charge in [0, 0.05) is 30.8 Å². The van der Waals surface area contributed by atoms with Crippen LogP contribution in [0.4, 0.5) is 8.78 Å². The van der Waals surface area contributed by atoms with E-state index in [9.17, 15) is 13.6 Å². The number of carboxylic acids is 1. The predicted octanol–water partition coefficient (Wildman–Crippen LogP) is 3.76. The highest BCUT2D eigenvalue weighted by Gasteiger charge is 2.16. The molecule has 136 valence electrons. The largest absolute Gasteiger partial charge is 0.482 e. The van der Waals surface area contributed by atoms with E-state index in [1.807, 2.05) is 0 Å². The topological polar surface area (TPSA) is 86.5 Å². The molecule has 0 aliphatic heterocycles. The van der Waals surface area contributed by atoms with Gasteiger partial charge in [0.05, 0.1) is 5.02 Å². The minimum Gasteiger partial charge on any atom is -0.482 e. The normalized spacial score (nSPS) is 11.1. The number of pyridine rings is 2. The van der Waals surface area contributed by atoms with Crippen molar-refractivity contribution in [3.8, 4) is 17.5 Å². The van der Waals surface area contributed by atoms with Crippen LogP contribution in [0.15, 0.2) is 30.5 Å². The van der Waals surface area contributed by atoms with Gasteiger partial charge in [0.15, 0.2) is 5.75 Å². The van der Waals surface area contributed by atoms with Crippen molar-refractivity contribution in [3.05, 3.63) is 41.2 Å². The predicted molar refractivity (Wildman–Crippen MR) is 88.5 cm³/mol. The molecule has 26 heavy (non-hydrogen) atoms. The van der Waals surface area contributed by atoms with Crippen LogP contribution in [0, 0.1) is 0 Å². The molecule has 3 rings (SSSR count). The quantitative estimate of drug-likeness (QED) is 0.697. The Morgan fingerprint density at radius 1 is 1.38 bits per heavy atom. The van der Waals surface area contributed by atoms with E-state index in [0.29, 0.717) is 11.0 Å². The van der Waals surface area contributed by atoms with Crippen molar-refractivity contribution in [2.75, 3.05) is 6.61 Å². The number of nitrogens with zero attached hydrogens (tertiary/aromatic N) is 3. The summed E-state index contributed by atoms with van der Waals surface area (Å²) < 4.78 is 36.6. The summed E-state index contributed by atoms with van der Waals surface area (Å²) in [5.41, 5.74) is 0.444. The molecule has 0 saturated heterocycles. The average Bonchev–Trinajstić information content (AvgIpc) is 2.92. The van der Waals surface area contributed by atoms with Crippen molar-refractivity contribution in [1.29, 1.82) is 0 Å². The molecule has 0 amide bonds. The van der Waals surface area contributed by atoms with Crippen LogP contribution >= 0.6 is 11.6 Å². The van der Waals surface area contributed by atoms with E-state index >= 15 is 0 Å². The van der Waals surface area contributed by atoms with Crippen molar-refractivity contribution in [2.24, 2.45) is 7.05 Å². The zero-order valence-corrected chi connectivity index (χ0v) is 14.1. The second-order valence-corrected chi connectivity index (χ2v) is 5.65. The van der Waals surface area contributed by atoms with Crippen molar-refractivity contribution < 1.29 is 28.2 Å². The van der Waals surface area contributed by atoms with Crippen LogP contribution < -0.4 is 9.47 Å². The molecular weight excluding hydrogens is 372 g/mol. The smallest absolute Gasteiger partial charge is 0.352 e. The molecule has 0 spiro atoms. The number of carbonyl (C=O) groups is 1. The standard InChI is InChI=1S/C16H12ClF2N3O4/c1-22-10(16(23)24)4-8-2-3-13(21-14(8)22)26-15-11(25-7-12(18)19)5-9(17)6-20-15/h2-6,12H,7H2,1H3,(H,23,24). The summed E-state index contributed by atoms with van der Waals surface area (Å²) in [6, 6.07) is 5.91. The van der Waals surface area contributed by atoms with Crippen LogP contribution in [0.5, 0.6) is 17.5 Å². The Labute approximate surface area is 150 Å². The van der Waals surface area contributed by atoms with Gasteiger partial charge >= 0.3 is 5.97 Å². The Hall–Kier alpha value is -2.94. The fourth-order valence-electron chi connectivity index (χ4n) is 2.28. The summed E-state index contributed by atoms with van der Waals surface area (Å²) in [5.74, 6) is -1.14. The number of alkyl halides is 2. The maximum Gasteiger partial charge on any atom is 0.352 e. The number of hydrogen-bond donors (Lipinski definition) is 1. The van der Waals surface area contributed by atoms with Gasteiger partial charge in [-0.2, -0.15) is 4.98 Å². The van der Waals surface area contributed by atoms with Crippen LogP contribution in [0.1, 0.15) is 10.5 Å². The highest BCUT2D eigenvalue weighted by molar-refractivity contribution is 6.30. The van der Waals surface area contributed by atoms with Crippen molar-refractivity contribution >= 4 is 28.6 Å². The van der Waals surface area contributed by atoms with Gasteiger partial charge in [0.25, 0.3) is 12.3 Å². The fraction of sp³-hybridized carbons (Fsp3) is 0.188. The summed E-state index contributed by atoms with van der Waals surface area (Å²) >= 11 is 5.81. The zero-order chi connectivity index (χ0) is 18.8. The monoisotopic (exact) mass is 383 g/mol. The summed E-state index contributed by atoms with van der Waals surface area (Å²) in [6.07, 6.45) is -1.40. The number of hydrogen-bond acceptors (Lipinski definition) is 5. The minimum absolute atomic E-state index is 0.0576. The van der Waals surface area contributed by atoms with E-state index in [0.717, 1.165) is 0 Å². The van der Waals surface area contributed by atoms with Crippen LogP contribution in [0.2, 0.25) is 5.02 Å². The van der Waals surface area contributed by atoms with Gasteiger partial charge in [-0.15, -0.1) is 0 Å². The van der Waals surface area contributed by atoms with E-state index in [1.54, 1.807) is 13.1 Å². The summed E-state index contributed by atoms with van der Waals surface area (Å²) in [5, 5.41) is 9.96. The molecule has 0 atom stereocenters. The van der Waals surface area contributed by atoms with Crippen LogP contribution in [0.25, 0.3) is 11.0 Å². The third-order valence-corrected chi connectivity index (χ3v) is 3.63. The molecule has 0 aliphatic carbocycles. The molecule has 0 aliphatic rings. The van der Waals surface area contributed by atoms with Gasteiger partial charge in [-0.3, -0.25) is 0 Å². The number of aryl methyl sites for hydroxylation is 1. The lowest BCUT2D eigenvalue weighted by Gasteiger charge is -2.11. The number of ether oxygens (including phenoxy) is 2. The number of rotatable bonds is 6. The van der Waals surface area contributed by atoms with Crippen molar-refractivity contribution in [1.82, 2.24) is 14.5 Å². The van der Waals surface area contributed by atoms with Gasteiger partial charge in [0.1, 0.15) is 17.9 Å². The van der Waals surface area contributed by atoms with E-state index in [1.165, 1.54) is 29.0 Å². The second kappa shape index (κ2) is 7.12. The van der Waals surface area contributed by atoms with E-state index < -0.39 is 19.0 Å². The molecule has 3 aromatic rings. The van der Waals surface area contributed by atoms with E-state index in [2.05, 4.69) is 9.97 Å². The van der Waals surface area contributed by atoms with Crippen LogP contribution in [-0.4, -0.2) is 38.6 Å². The molecule has 0 aromatic carbocycles. The van der Waals surface area contributed by atoms with Gasteiger partial charge in [-0.05, 0) is 12.1 Å². The summed E-state index contributed by atoms with van der Waals surface area (Å²) in [6.45, 7) is -0.843. The third kappa shape index (κ3) is 3.67.